The van der Waals surface area contributed by atoms with E-state index < -0.39 is 23.0 Å². The monoisotopic (exact) mass is 395 g/mol. The number of nitrogens with zero attached hydrogens (tertiary/aromatic N) is 1. The van der Waals surface area contributed by atoms with Crippen LogP contribution in [0.2, 0.25) is 10.0 Å². The summed E-state index contributed by atoms with van der Waals surface area (Å²) in [5.74, 6) is -1.94. The first-order valence-electron chi connectivity index (χ1n) is 7.19. The fourth-order valence-electron chi connectivity index (χ4n) is 2.51. The van der Waals surface area contributed by atoms with E-state index >= 15 is 0 Å². The lowest BCUT2D eigenvalue weighted by Crippen LogP contribution is -2.31. The fraction of sp³-hybridized carbons (Fsp3) is 0.118. The summed E-state index contributed by atoms with van der Waals surface area (Å²) in [6, 6.07) is 10.9. The van der Waals surface area contributed by atoms with Gasteiger partial charge in [0.25, 0.3) is 0 Å². The number of benzene rings is 2. The Bertz CT molecular complexity index is 887. The summed E-state index contributed by atoms with van der Waals surface area (Å²) < 4.78 is 0. The highest BCUT2D eigenvalue weighted by Gasteiger charge is 2.41. The number of anilines is 1. The molecular weight excluding hydrogens is 385 g/mol. The van der Waals surface area contributed by atoms with Crippen LogP contribution in [0, 0.1) is 0 Å². The van der Waals surface area contributed by atoms with Gasteiger partial charge in [-0.2, -0.15) is 0 Å². The highest BCUT2D eigenvalue weighted by molar-refractivity contribution is 8.00. The van der Waals surface area contributed by atoms with Crippen LogP contribution >= 0.6 is 35.0 Å². The van der Waals surface area contributed by atoms with Crippen LogP contribution in [-0.4, -0.2) is 28.1 Å². The maximum absolute atomic E-state index is 12.7. The van der Waals surface area contributed by atoms with E-state index in [1.807, 2.05) is 0 Å². The van der Waals surface area contributed by atoms with Crippen LogP contribution in [-0.2, 0) is 9.59 Å². The normalized spacial score (nSPS) is 17.2. The zero-order valence-electron chi connectivity index (χ0n) is 12.6. The van der Waals surface area contributed by atoms with Crippen LogP contribution in [0.15, 0.2) is 47.4 Å². The predicted octanol–water partition coefficient (Wildman–Crippen LogP) is 4.12. The zero-order valence-corrected chi connectivity index (χ0v) is 14.9. The number of carboxylic acid groups (broad SMARTS) is 1. The van der Waals surface area contributed by atoms with Crippen molar-refractivity contribution in [2.24, 2.45) is 0 Å². The molecule has 8 heteroatoms. The zero-order chi connectivity index (χ0) is 18.1. The number of hydrogen-bond donors (Lipinski definition) is 1. The van der Waals surface area contributed by atoms with Gasteiger partial charge in [-0.3, -0.25) is 9.59 Å². The van der Waals surface area contributed by atoms with Gasteiger partial charge in [0, 0.05) is 16.3 Å². The molecule has 1 N–H and O–H groups in total. The van der Waals surface area contributed by atoms with E-state index in [0.29, 0.717) is 9.92 Å². The number of carbonyl (C=O) groups is 3. The number of rotatable bonds is 4. The summed E-state index contributed by atoms with van der Waals surface area (Å²) in [7, 11) is 0. The van der Waals surface area contributed by atoms with Gasteiger partial charge in [0.2, 0.25) is 11.8 Å². The summed E-state index contributed by atoms with van der Waals surface area (Å²) in [6.07, 6.45) is -0.0414. The highest BCUT2D eigenvalue weighted by atomic mass is 35.5. The molecule has 128 valence electrons. The summed E-state index contributed by atoms with van der Waals surface area (Å²) in [6.45, 7) is 0. The molecule has 3 rings (SSSR count). The van der Waals surface area contributed by atoms with Gasteiger partial charge in [0.05, 0.1) is 21.5 Å². The molecule has 0 aromatic heterocycles. The number of hydrogen-bond acceptors (Lipinski definition) is 4. The van der Waals surface area contributed by atoms with Gasteiger partial charge in [-0.25, -0.2) is 9.69 Å². The molecular formula is C17H11Cl2NO4S. The quantitative estimate of drug-likeness (QED) is 0.788. The van der Waals surface area contributed by atoms with Crippen molar-refractivity contribution < 1.29 is 19.5 Å². The molecule has 1 saturated heterocycles. The third-order valence-corrected chi connectivity index (χ3v) is 5.46. The minimum atomic E-state index is -1.09. The van der Waals surface area contributed by atoms with Gasteiger partial charge in [-0.05, 0) is 30.3 Å². The number of thioether (sulfide) groups is 1. The second kappa shape index (κ2) is 7.07. The van der Waals surface area contributed by atoms with E-state index in [2.05, 4.69) is 0 Å². The fourth-order valence-corrected chi connectivity index (χ4v) is 4.05. The first-order valence-corrected chi connectivity index (χ1v) is 8.83. The van der Waals surface area contributed by atoms with Gasteiger partial charge in [0.15, 0.2) is 0 Å². The van der Waals surface area contributed by atoms with Gasteiger partial charge >= 0.3 is 5.97 Å². The van der Waals surface area contributed by atoms with E-state index in [-0.39, 0.29) is 22.7 Å². The number of carboxylic acids is 1. The van der Waals surface area contributed by atoms with E-state index in [9.17, 15) is 19.5 Å². The maximum atomic E-state index is 12.7. The van der Waals surface area contributed by atoms with Crippen molar-refractivity contribution >= 4 is 58.4 Å². The van der Waals surface area contributed by atoms with Crippen LogP contribution < -0.4 is 4.90 Å². The lowest BCUT2D eigenvalue weighted by Gasteiger charge is -2.17. The lowest BCUT2D eigenvalue weighted by molar-refractivity contribution is -0.121. The average molecular weight is 396 g/mol. The Kier molecular flexibility index (Phi) is 5.03. The number of aromatic carboxylic acids is 1. The Balaban J connectivity index is 1.90. The number of carbonyl (C=O) groups excluding carboxylic acids is 2. The van der Waals surface area contributed by atoms with Crippen molar-refractivity contribution in [3.63, 3.8) is 0 Å². The summed E-state index contributed by atoms with van der Waals surface area (Å²) in [5.41, 5.74) is 0.325. The van der Waals surface area contributed by atoms with Gasteiger partial charge in [-0.15, -0.1) is 11.8 Å². The standard InChI is InChI=1S/C17H11Cl2NO4S/c18-9-5-6-11(19)12(7-9)20-15(21)8-14(16(20)22)25-13-4-2-1-3-10(13)17(23)24/h1-7,14H,8H2,(H,23,24)/t14-/m0/s1. The smallest absolute Gasteiger partial charge is 0.336 e. The molecule has 0 saturated carbocycles. The third kappa shape index (κ3) is 3.51. The molecule has 1 aliphatic rings. The van der Waals surface area contributed by atoms with Crippen LogP contribution in [0.5, 0.6) is 0 Å². The van der Waals surface area contributed by atoms with Crippen molar-refractivity contribution in [3.05, 3.63) is 58.1 Å². The second-order valence-corrected chi connectivity index (χ2v) is 7.36. The molecule has 0 aliphatic carbocycles. The minimum Gasteiger partial charge on any atom is -0.478 e. The minimum absolute atomic E-state index is 0.0414. The molecule has 0 bridgehead atoms. The van der Waals surface area contributed by atoms with E-state index in [4.69, 9.17) is 23.2 Å². The second-order valence-electron chi connectivity index (χ2n) is 5.28. The molecule has 2 aromatic carbocycles. The molecule has 2 amide bonds. The Labute approximate surface area is 157 Å². The van der Waals surface area contributed by atoms with E-state index in [1.165, 1.54) is 18.2 Å². The Morgan fingerprint density at radius 2 is 1.88 bits per heavy atom. The first kappa shape index (κ1) is 17.8. The third-order valence-electron chi connectivity index (χ3n) is 3.64. The topological polar surface area (TPSA) is 74.7 Å². The largest absolute Gasteiger partial charge is 0.478 e. The van der Waals surface area contributed by atoms with Crippen molar-refractivity contribution in [3.8, 4) is 0 Å². The van der Waals surface area contributed by atoms with Crippen molar-refractivity contribution in [2.75, 3.05) is 4.90 Å². The molecule has 25 heavy (non-hydrogen) atoms. The summed E-state index contributed by atoms with van der Waals surface area (Å²) >= 11 is 13.1. The Hall–Kier alpha value is -2.02. The molecule has 5 nitrogen and oxygen atoms in total. The molecule has 1 aliphatic heterocycles. The average Bonchev–Trinajstić information content (AvgIpc) is 2.84. The number of halogens is 2. The highest BCUT2D eigenvalue weighted by Crippen LogP contribution is 2.38. The van der Waals surface area contributed by atoms with E-state index in [1.54, 1.807) is 24.3 Å². The Morgan fingerprint density at radius 1 is 1.16 bits per heavy atom. The lowest BCUT2D eigenvalue weighted by atomic mass is 10.2. The van der Waals surface area contributed by atoms with Crippen molar-refractivity contribution in [1.29, 1.82) is 0 Å². The SMILES string of the molecule is O=C(O)c1ccccc1S[C@H]1CC(=O)N(c2cc(Cl)ccc2Cl)C1=O. The van der Waals surface area contributed by atoms with E-state index in [0.717, 1.165) is 16.7 Å². The molecule has 1 fully saturated rings. The molecule has 2 aromatic rings. The molecule has 1 atom stereocenters. The molecule has 1 heterocycles. The summed E-state index contributed by atoms with van der Waals surface area (Å²) in [5, 5.41) is 9.12. The van der Waals surface area contributed by atoms with Crippen LogP contribution in [0.3, 0.4) is 0 Å². The van der Waals surface area contributed by atoms with Crippen LogP contribution in [0.1, 0.15) is 16.8 Å². The van der Waals surface area contributed by atoms with Crippen molar-refractivity contribution in [2.45, 2.75) is 16.6 Å². The summed E-state index contributed by atoms with van der Waals surface area (Å²) in [4.78, 5) is 37.8. The van der Waals surface area contributed by atoms with Gasteiger partial charge in [0.1, 0.15) is 0 Å². The maximum Gasteiger partial charge on any atom is 0.336 e. The molecule has 0 spiro atoms. The number of imide groups is 1. The van der Waals surface area contributed by atoms with Crippen LogP contribution in [0.4, 0.5) is 5.69 Å². The van der Waals surface area contributed by atoms with Gasteiger partial charge < -0.3 is 5.11 Å². The first-order chi connectivity index (χ1) is 11.9. The Morgan fingerprint density at radius 3 is 2.60 bits per heavy atom. The molecule has 0 radical (unpaired) electrons. The molecule has 0 unspecified atom stereocenters. The predicted molar refractivity (Wildman–Crippen MR) is 96.6 cm³/mol. The van der Waals surface area contributed by atoms with Crippen molar-refractivity contribution in [1.82, 2.24) is 0 Å². The van der Waals surface area contributed by atoms with Crippen LogP contribution in [0.25, 0.3) is 0 Å². The number of amides is 2. The van der Waals surface area contributed by atoms with Gasteiger partial charge in [-0.1, -0.05) is 35.3 Å².